The Kier molecular flexibility index (Phi) is 4.26. The van der Waals surface area contributed by atoms with Crippen molar-refractivity contribution >= 4 is 17.5 Å². The topological polar surface area (TPSA) is 55.8 Å². The summed E-state index contributed by atoms with van der Waals surface area (Å²) in [6.45, 7) is 7.50. The predicted molar refractivity (Wildman–Crippen MR) is 93.3 cm³/mol. The molecule has 4 rings (SSSR count). The second kappa shape index (κ2) is 6.55. The lowest BCUT2D eigenvalue weighted by atomic mass is 10.2. The minimum Gasteiger partial charge on any atom is -0.354 e. The first-order valence-corrected chi connectivity index (χ1v) is 9.00. The highest BCUT2D eigenvalue weighted by atomic mass is 16.2. The molecule has 0 atom stereocenters. The van der Waals surface area contributed by atoms with Gasteiger partial charge >= 0.3 is 0 Å². The monoisotopic (exact) mass is 330 g/mol. The van der Waals surface area contributed by atoms with E-state index < -0.39 is 0 Å². The fourth-order valence-corrected chi connectivity index (χ4v) is 3.46. The molecule has 1 amide bonds. The zero-order chi connectivity index (χ0) is 16.5. The zero-order valence-corrected chi connectivity index (χ0v) is 14.4. The molecule has 130 valence electrons. The average molecular weight is 330 g/mol. The number of nitrogens with zero attached hydrogens (tertiary/aromatic N) is 6. The molecule has 0 radical (unpaired) electrons. The highest BCUT2D eigenvalue weighted by Gasteiger charge is 2.34. The van der Waals surface area contributed by atoms with Gasteiger partial charge in [-0.2, -0.15) is 0 Å². The number of hydrogen-bond donors (Lipinski definition) is 0. The Morgan fingerprint density at radius 1 is 0.917 bits per heavy atom. The standard InChI is InChI=1S/C17H26N6O/c1-20-4-6-21(7-5-20)15-12-16(19-13-18-15)22-8-10-23(11-9-22)17(24)14-2-3-14/h12-14H,2-11H2,1H3. The number of aromatic nitrogens is 2. The Morgan fingerprint density at radius 2 is 1.46 bits per heavy atom. The van der Waals surface area contributed by atoms with E-state index in [2.05, 4.69) is 37.8 Å². The van der Waals surface area contributed by atoms with Gasteiger partial charge < -0.3 is 19.6 Å². The van der Waals surface area contributed by atoms with Crippen LogP contribution in [-0.2, 0) is 4.79 Å². The lowest BCUT2D eigenvalue weighted by Gasteiger charge is -2.36. The normalized spacial score (nSPS) is 22.8. The Hall–Kier alpha value is -1.89. The fraction of sp³-hybridized carbons (Fsp3) is 0.706. The summed E-state index contributed by atoms with van der Waals surface area (Å²) in [5.74, 6) is 2.68. The maximum atomic E-state index is 12.2. The molecule has 7 heteroatoms. The van der Waals surface area contributed by atoms with E-state index in [1.165, 1.54) is 0 Å². The third kappa shape index (κ3) is 3.31. The molecule has 7 nitrogen and oxygen atoms in total. The molecule has 0 N–H and O–H groups in total. The van der Waals surface area contributed by atoms with Gasteiger partial charge in [-0.05, 0) is 19.9 Å². The summed E-state index contributed by atoms with van der Waals surface area (Å²) in [6, 6.07) is 2.10. The van der Waals surface area contributed by atoms with Crippen molar-refractivity contribution in [2.45, 2.75) is 12.8 Å². The van der Waals surface area contributed by atoms with Gasteiger partial charge in [-0.15, -0.1) is 0 Å². The van der Waals surface area contributed by atoms with Crippen LogP contribution in [0.1, 0.15) is 12.8 Å². The molecule has 0 bridgehead atoms. The molecule has 24 heavy (non-hydrogen) atoms. The summed E-state index contributed by atoms with van der Waals surface area (Å²) in [6.07, 6.45) is 3.84. The van der Waals surface area contributed by atoms with Crippen molar-refractivity contribution in [3.63, 3.8) is 0 Å². The molecular weight excluding hydrogens is 304 g/mol. The van der Waals surface area contributed by atoms with Crippen molar-refractivity contribution in [1.29, 1.82) is 0 Å². The number of amides is 1. The van der Waals surface area contributed by atoms with Crippen LogP contribution in [0.5, 0.6) is 0 Å². The largest absolute Gasteiger partial charge is 0.354 e. The van der Waals surface area contributed by atoms with Crippen molar-refractivity contribution in [2.24, 2.45) is 5.92 Å². The number of anilines is 2. The van der Waals surface area contributed by atoms with Crippen molar-refractivity contribution in [1.82, 2.24) is 19.8 Å². The van der Waals surface area contributed by atoms with E-state index in [0.29, 0.717) is 11.8 Å². The quantitative estimate of drug-likeness (QED) is 0.794. The average Bonchev–Trinajstić information content (AvgIpc) is 3.47. The van der Waals surface area contributed by atoms with Crippen LogP contribution in [0.15, 0.2) is 12.4 Å². The fourth-order valence-electron chi connectivity index (χ4n) is 3.46. The minimum atomic E-state index is 0.319. The van der Waals surface area contributed by atoms with Crippen molar-refractivity contribution in [3.8, 4) is 0 Å². The van der Waals surface area contributed by atoms with Crippen LogP contribution >= 0.6 is 0 Å². The van der Waals surface area contributed by atoms with Gasteiger partial charge in [0.25, 0.3) is 0 Å². The summed E-state index contributed by atoms with van der Waals surface area (Å²) >= 11 is 0. The van der Waals surface area contributed by atoms with E-state index in [1.807, 2.05) is 4.90 Å². The number of likely N-dealkylation sites (N-methyl/N-ethyl adjacent to an activating group) is 1. The van der Waals surface area contributed by atoms with E-state index >= 15 is 0 Å². The Labute approximate surface area is 143 Å². The summed E-state index contributed by atoms with van der Waals surface area (Å²) in [5, 5.41) is 0. The number of hydrogen-bond acceptors (Lipinski definition) is 6. The number of rotatable bonds is 3. The molecule has 0 spiro atoms. The van der Waals surface area contributed by atoms with E-state index in [4.69, 9.17) is 0 Å². The van der Waals surface area contributed by atoms with Gasteiger partial charge in [0.05, 0.1) is 0 Å². The van der Waals surface area contributed by atoms with Crippen LogP contribution in [0.4, 0.5) is 11.6 Å². The molecule has 2 saturated heterocycles. The SMILES string of the molecule is CN1CCN(c2cc(N3CCN(C(=O)C4CC4)CC3)ncn2)CC1. The molecule has 3 heterocycles. The van der Waals surface area contributed by atoms with E-state index in [9.17, 15) is 4.79 Å². The minimum absolute atomic E-state index is 0.319. The predicted octanol–water partition coefficient (Wildman–Crippen LogP) is 0.287. The van der Waals surface area contributed by atoms with Crippen molar-refractivity contribution in [2.75, 3.05) is 69.2 Å². The lowest BCUT2D eigenvalue weighted by molar-refractivity contribution is -0.132. The van der Waals surface area contributed by atoms with Gasteiger partial charge in [-0.1, -0.05) is 0 Å². The lowest BCUT2D eigenvalue weighted by Crippen LogP contribution is -2.49. The van der Waals surface area contributed by atoms with Crippen LogP contribution < -0.4 is 9.80 Å². The molecule has 1 aromatic heterocycles. The maximum absolute atomic E-state index is 12.2. The zero-order valence-electron chi connectivity index (χ0n) is 14.4. The second-order valence-corrected chi connectivity index (χ2v) is 7.11. The smallest absolute Gasteiger partial charge is 0.225 e. The number of piperazine rings is 2. The number of carbonyl (C=O) groups excluding carboxylic acids is 1. The van der Waals surface area contributed by atoms with Gasteiger partial charge in [0, 0.05) is 64.3 Å². The Balaban J connectivity index is 1.38. The maximum Gasteiger partial charge on any atom is 0.225 e. The van der Waals surface area contributed by atoms with Gasteiger partial charge in [-0.25, -0.2) is 9.97 Å². The van der Waals surface area contributed by atoms with Crippen LogP contribution in [0, 0.1) is 5.92 Å². The van der Waals surface area contributed by atoms with E-state index in [1.54, 1.807) is 6.33 Å². The molecule has 1 aliphatic carbocycles. The molecule has 2 aliphatic heterocycles. The summed E-state index contributed by atoms with van der Waals surface area (Å²) in [5.41, 5.74) is 0. The van der Waals surface area contributed by atoms with Crippen molar-refractivity contribution < 1.29 is 4.79 Å². The first-order chi connectivity index (χ1) is 11.7. The molecular formula is C17H26N6O. The second-order valence-electron chi connectivity index (χ2n) is 7.11. The summed E-state index contributed by atoms with van der Waals surface area (Å²) in [7, 11) is 2.16. The number of carbonyl (C=O) groups is 1. The van der Waals surface area contributed by atoms with Crippen LogP contribution in [-0.4, -0.2) is 85.1 Å². The van der Waals surface area contributed by atoms with E-state index in [0.717, 1.165) is 76.8 Å². The Morgan fingerprint density at radius 3 is 2.00 bits per heavy atom. The van der Waals surface area contributed by atoms with Gasteiger partial charge in [0.1, 0.15) is 18.0 Å². The molecule has 3 aliphatic rings. The van der Waals surface area contributed by atoms with Crippen LogP contribution in [0.3, 0.4) is 0 Å². The highest BCUT2D eigenvalue weighted by Crippen LogP contribution is 2.31. The molecule has 3 fully saturated rings. The van der Waals surface area contributed by atoms with Crippen LogP contribution in [0.25, 0.3) is 0 Å². The molecule has 1 aromatic rings. The van der Waals surface area contributed by atoms with Gasteiger partial charge in [0.15, 0.2) is 0 Å². The third-order valence-electron chi connectivity index (χ3n) is 5.31. The van der Waals surface area contributed by atoms with Crippen LogP contribution in [0.2, 0.25) is 0 Å². The molecule has 0 unspecified atom stereocenters. The first kappa shape index (κ1) is 15.6. The molecule has 0 aromatic carbocycles. The van der Waals surface area contributed by atoms with Crippen molar-refractivity contribution in [3.05, 3.63) is 12.4 Å². The Bertz CT molecular complexity index is 588. The molecule has 1 saturated carbocycles. The van der Waals surface area contributed by atoms with E-state index in [-0.39, 0.29) is 0 Å². The highest BCUT2D eigenvalue weighted by molar-refractivity contribution is 5.81. The summed E-state index contributed by atoms with van der Waals surface area (Å²) < 4.78 is 0. The summed E-state index contributed by atoms with van der Waals surface area (Å²) in [4.78, 5) is 30.1. The first-order valence-electron chi connectivity index (χ1n) is 9.00. The van der Waals surface area contributed by atoms with Gasteiger partial charge in [-0.3, -0.25) is 4.79 Å². The third-order valence-corrected chi connectivity index (χ3v) is 5.31. The van der Waals surface area contributed by atoms with Gasteiger partial charge in [0.2, 0.25) is 5.91 Å².